The maximum absolute atomic E-state index is 12.6. The molecule has 0 heterocycles. The van der Waals surface area contributed by atoms with Crippen LogP contribution in [0.25, 0.3) is 0 Å². The third-order valence-electron chi connectivity index (χ3n) is 9.04. The Morgan fingerprint density at radius 2 is 1.00 bits per heavy atom. The van der Waals surface area contributed by atoms with Gasteiger partial charge in [-0.1, -0.05) is 148 Å². The molecule has 51 heavy (non-hydrogen) atoms. The molecule has 0 aliphatic rings. The van der Waals surface area contributed by atoms with Gasteiger partial charge in [-0.2, -0.15) is 0 Å². The zero-order valence-corrected chi connectivity index (χ0v) is 34.7. The van der Waals surface area contributed by atoms with Crippen LogP contribution in [0.15, 0.2) is 12.2 Å². The molecule has 0 spiro atoms. The van der Waals surface area contributed by atoms with Crippen molar-refractivity contribution in [2.45, 2.75) is 193 Å². The van der Waals surface area contributed by atoms with Crippen molar-refractivity contribution in [1.29, 1.82) is 0 Å². The molecule has 2 atom stereocenters. The number of carbonyl (C=O) groups is 2. The predicted octanol–water partition coefficient (Wildman–Crippen LogP) is 10.8. The van der Waals surface area contributed by atoms with Crippen LogP contribution in [0, 0.1) is 0 Å². The molecule has 9 nitrogen and oxygen atoms in total. The average molecular weight is 746 g/mol. The smallest absolute Gasteiger partial charge is 0.306 e. The molecular formula is C41H80NO8P. The van der Waals surface area contributed by atoms with Crippen LogP contribution in [0.2, 0.25) is 0 Å². The zero-order chi connectivity index (χ0) is 37.9. The van der Waals surface area contributed by atoms with E-state index in [9.17, 15) is 19.0 Å². The summed E-state index contributed by atoms with van der Waals surface area (Å²) in [5.74, 6) is -0.838. The van der Waals surface area contributed by atoms with Gasteiger partial charge in [0.25, 0.3) is 7.82 Å². The number of rotatable bonds is 38. The first-order chi connectivity index (χ1) is 24.5. The van der Waals surface area contributed by atoms with Crippen molar-refractivity contribution in [1.82, 2.24) is 0 Å². The van der Waals surface area contributed by atoms with Crippen molar-refractivity contribution in [3.05, 3.63) is 12.2 Å². The Morgan fingerprint density at radius 3 is 1.49 bits per heavy atom. The Labute approximate surface area is 314 Å². The number of hydrogen-bond donors (Lipinski definition) is 0. The molecule has 0 aromatic heterocycles. The topological polar surface area (TPSA) is 111 Å². The number of likely N-dealkylation sites (N-methyl/N-ethyl adjacent to an activating group) is 1. The van der Waals surface area contributed by atoms with Gasteiger partial charge in [0.15, 0.2) is 6.10 Å². The van der Waals surface area contributed by atoms with Gasteiger partial charge in [0.05, 0.1) is 27.7 Å². The maximum Gasteiger partial charge on any atom is 0.306 e. The number of nitrogens with zero attached hydrogens (tertiary/aromatic N) is 1. The molecule has 0 aliphatic heterocycles. The summed E-state index contributed by atoms with van der Waals surface area (Å²) in [4.78, 5) is 37.4. The fraction of sp³-hybridized carbons (Fsp3) is 0.902. The molecule has 0 rings (SSSR count). The monoisotopic (exact) mass is 746 g/mol. The summed E-state index contributed by atoms with van der Waals surface area (Å²) in [6, 6.07) is 0. The van der Waals surface area contributed by atoms with E-state index in [0.717, 1.165) is 51.4 Å². The van der Waals surface area contributed by atoms with Crippen molar-refractivity contribution in [3.63, 3.8) is 0 Å². The number of esters is 2. The Balaban J connectivity index is 4.37. The first kappa shape index (κ1) is 49.8. The highest BCUT2D eigenvalue weighted by Gasteiger charge is 2.21. The minimum atomic E-state index is -4.62. The highest BCUT2D eigenvalue weighted by Crippen LogP contribution is 2.38. The van der Waals surface area contributed by atoms with E-state index in [-0.39, 0.29) is 26.1 Å². The molecule has 0 amide bonds. The van der Waals surface area contributed by atoms with Crippen LogP contribution in [0.1, 0.15) is 187 Å². The molecule has 0 aromatic carbocycles. The molecule has 2 unspecified atom stereocenters. The van der Waals surface area contributed by atoms with Crippen molar-refractivity contribution in [3.8, 4) is 0 Å². The standard InChI is InChI=1S/C41H80NO8P/c1-6-8-10-12-14-16-18-20-21-22-24-26-28-30-32-34-41(44)50-39(38-49-51(45,46)48-36-35-42(3,4)5)37-47-40(43)33-31-29-27-25-23-19-17-15-13-11-9-7-2/h15,17,39H,6-14,16,18-38H2,1-5H3/b17-15-. The SMILES string of the molecule is CCCCC/C=C\CCCCCCCC(=O)OCC(COP(=O)([O-])OCC[N+](C)(C)C)OC(=O)CCCCCCCCCCCCCCCCC. The summed E-state index contributed by atoms with van der Waals surface area (Å²) in [6.07, 6.45) is 33.7. The van der Waals surface area contributed by atoms with E-state index in [0.29, 0.717) is 17.4 Å². The first-order valence-electron chi connectivity index (χ1n) is 20.9. The van der Waals surface area contributed by atoms with Crippen molar-refractivity contribution in [2.75, 3.05) is 47.5 Å². The predicted molar refractivity (Wildman–Crippen MR) is 208 cm³/mol. The Hall–Kier alpha value is -1.25. The van der Waals surface area contributed by atoms with E-state index in [1.165, 1.54) is 103 Å². The highest BCUT2D eigenvalue weighted by atomic mass is 31.2. The summed E-state index contributed by atoms with van der Waals surface area (Å²) in [5, 5.41) is 0. The minimum Gasteiger partial charge on any atom is -0.756 e. The largest absolute Gasteiger partial charge is 0.756 e. The van der Waals surface area contributed by atoms with E-state index in [2.05, 4.69) is 26.0 Å². The maximum atomic E-state index is 12.6. The van der Waals surface area contributed by atoms with E-state index in [4.69, 9.17) is 18.5 Å². The number of phosphoric ester groups is 1. The zero-order valence-electron chi connectivity index (χ0n) is 33.8. The Morgan fingerprint density at radius 1 is 0.588 bits per heavy atom. The van der Waals surface area contributed by atoms with E-state index < -0.39 is 32.5 Å². The number of hydrogen-bond acceptors (Lipinski definition) is 8. The van der Waals surface area contributed by atoms with Gasteiger partial charge in [0.2, 0.25) is 0 Å². The van der Waals surface area contributed by atoms with Crippen LogP contribution in [0.3, 0.4) is 0 Å². The van der Waals surface area contributed by atoms with Crippen molar-refractivity contribution >= 4 is 19.8 Å². The molecular weight excluding hydrogens is 665 g/mol. The molecule has 302 valence electrons. The summed E-state index contributed by atoms with van der Waals surface area (Å²) in [7, 11) is 1.17. The molecule has 0 fully saturated rings. The normalized spacial score (nSPS) is 13.8. The van der Waals surface area contributed by atoms with E-state index >= 15 is 0 Å². The molecule has 0 saturated heterocycles. The number of phosphoric acid groups is 1. The van der Waals surface area contributed by atoms with E-state index in [1.807, 2.05) is 21.1 Å². The summed E-state index contributed by atoms with van der Waals surface area (Å²) in [5.41, 5.74) is 0. The minimum absolute atomic E-state index is 0.0291. The van der Waals surface area contributed by atoms with Crippen LogP contribution >= 0.6 is 7.82 Å². The number of ether oxygens (including phenoxy) is 2. The molecule has 0 aliphatic carbocycles. The van der Waals surface area contributed by atoms with Crippen molar-refractivity contribution in [2.24, 2.45) is 0 Å². The van der Waals surface area contributed by atoms with Gasteiger partial charge in [0, 0.05) is 12.8 Å². The number of allylic oxidation sites excluding steroid dienone is 2. The van der Waals surface area contributed by atoms with Gasteiger partial charge in [-0.15, -0.1) is 0 Å². The lowest BCUT2D eigenvalue weighted by molar-refractivity contribution is -0.870. The number of unbranched alkanes of at least 4 members (excludes halogenated alkanes) is 22. The molecule has 0 aromatic rings. The lowest BCUT2D eigenvalue weighted by Crippen LogP contribution is -2.37. The molecule has 0 radical (unpaired) electrons. The molecule has 0 saturated carbocycles. The summed E-state index contributed by atoms with van der Waals surface area (Å²) >= 11 is 0. The van der Waals surface area contributed by atoms with Gasteiger partial charge in [-0.3, -0.25) is 14.2 Å². The van der Waals surface area contributed by atoms with E-state index in [1.54, 1.807) is 0 Å². The highest BCUT2D eigenvalue weighted by molar-refractivity contribution is 7.45. The molecule has 0 N–H and O–H groups in total. The van der Waals surface area contributed by atoms with Crippen LogP contribution in [-0.2, 0) is 32.7 Å². The van der Waals surface area contributed by atoms with Gasteiger partial charge < -0.3 is 27.9 Å². The fourth-order valence-electron chi connectivity index (χ4n) is 5.71. The van der Waals surface area contributed by atoms with Gasteiger partial charge >= 0.3 is 11.9 Å². The average Bonchev–Trinajstić information content (AvgIpc) is 3.07. The van der Waals surface area contributed by atoms with Crippen LogP contribution in [0.5, 0.6) is 0 Å². The number of quaternary nitrogens is 1. The summed E-state index contributed by atoms with van der Waals surface area (Å²) < 4.78 is 33.8. The van der Waals surface area contributed by atoms with Crippen LogP contribution < -0.4 is 4.89 Å². The lowest BCUT2D eigenvalue weighted by Gasteiger charge is -2.28. The second kappa shape index (κ2) is 34.5. The van der Waals surface area contributed by atoms with Gasteiger partial charge in [-0.25, -0.2) is 0 Å². The second-order valence-electron chi connectivity index (χ2n) is 15.4. The molecule has 0 bridgehead atoms. The quantitative estimate of drug-likeness (QED) is 0.0202. The fourth-order valence-corrected chi connectivity index (χ4v) is 6.44. The third-order valence-corrected chi connectivity index (χ3v) is 10.00. The van der Waals surface area contributed by atoms with Crippen molar-refractivity contribution < 1.29 is 42.1 Å². The van der Waals surface area contributed by atoms with Gasteiger partial charge in [-0.05, 0) is 38.5 Å². The third kappa shape index (κ3) is 38.3. The molecule has 10 heteroatoms. The summed E-state index contributed by atoms with van der Waals surface area (Å²) in [6.45, 7) is 4.20. The Bertz CT molecular complexity index is 891. The first-order valence-corrected chi connectivity index (χ1v) is 22.4. The number of carbonyl (C=O) groups excluding carboxylic acids is 2. The Kier molecular flexibility index (Phi) is 33.7. The second-order valence-corrected chi connectivity index (χ2v) is 16.8. The van der Waals surface area contributed by atoms with Crippen LogP contribution in [-0.4, -0.2) is 70.0 Å². The van der Waals surface area contributed by atoms with Gasteiger partial charge in [0.1, 0.15) is 19.8 Å². The lowest BCUT2D eigenvalue weighted by atomic mass is 10.0. The van der Waals surface area contributed by atoms with Crippen LogP contribution in [0.4, 0.5) is 0 Å².